The normalized spacial score (nSPS) is 15.9. The third-order valence-electron chi connectivity index (χ3n) is 5.84. The third kappa shape index (κ3) is 3.98. The van der Waals surface area contributed by atoms with Gasteiger partial charge in [-0.2, -0.15) is 5.26 Å². The molecule has 0 atom stereocenters. The van der Waals surface area contributed by atoms with E-state index in [-0.39, 0.29) is 18.1 Å². The smallest absolute Gasteiger partial charge is 0.252 e. The van der Waals surface area contributed by atoms with Crippen molar-refractivity contribution in [1.29, 1.82) is 5.26 Å². The highest BCUT2D eigenvalue weighted by atomic mass is 16.5. The van der Waals surface area contributed by atoms with Crippen molar-refractivity contribution in [1.82, 2.24) is 15.3 Å². The fraction of sp³-hybridized carbons (Fsp3) is 0.250. The van der Waals surface area contributed by atoms with Crippen LogP contribution in [0.2, 0.25) is 0 Å². The van der Waals surface area contributed by atoms with Crippen molar-refractivity contribution in [2.45, 2.75) is 12.0 Å². The lowest BCUT2D eigenvalue weighted by Gasteiger charge is -2.56. The minimum Gasteiger partial charge on any atom is -0.371 e. The van der Waals surface area contributed by atoms with Crippen molar-refractivity contribution in [3.63, 3.8) is 0 Å². The van der Waals surface area contributed by atoms with Crippen LogP contribution in [0.1, 0.15) is 16.8 Å². The zero-order valence-electron chi connectivity index (χ0n) is 17.4. The number of hydrogen-bond acceptors (Lipinski definition) is 7. The van der Waals surface area contributed by atoms with Crippen molar-refractivity contribution in [3.05, 3.63) is 66.4 Å². The Morgan fingerprint density at radius 2 is 1.88 bits per heavy atom. The van der Waals surface area contributed by atoms with E-state index >= 15 is 0 Å². The van der Waals surface area contributed by atoms with Crippen molar-refractivity contribution in [2.75, 3.05) is 36.5 Å². The maximum Gasteiger partial charge on any atom is 0.252 e. The molecule has 0 aliphatic carbocycles. The van der Waals surface area contributed by atoms with Gasteiger partial charge in [-0.1, -0.05) is 12.1 Å². The first kappa shape index (κ1) is 20.0. The molecule has 3 heterocycles. The second-order valence-electron chi connectivity index (χ2n) is 7.99. The third-order valence-corrected chi connectivity index (χ3v) is 5.84. The molecule has 2 N–H and O–H groups in total. The highest BCUT2D eigenvalue weighted by Crippen LogP contribution is 2.38. The summed E-state index contributed by atoms with van der Waals surface area (Å²) in [7, 11) is 0. The van der Waals surface area contributed by atoms with Crippen LogP contribution in [-0.2, 0) is 4.74 Å². The lowest BCUT2D eigenvalue weighted by molar-refractivity contribution is -0.160. The predicted octanol–water partition coefficient (Wildman–Crippen LogP) is 3.12. The van der Waals surface area contributed by atoms with E-state index in [1.54, 1.807) is 18.3 Å². The highest BCUT2D eigenvalue weighted by molar-refractivity contribution is 5.94. The molecule has 8 nitrogen and oxygen atoms in total. The summed E-state index contributed by atoms with van der Waals surface area (Å²) in [4.78, 5) is 23.2. The largest absolute Gasteiger partial charge is 0.371 e. The molecular weight excluding hydrogens is 404 g/mol. The monoisotopic (exact) mass is 426 g/mol. The summed E-state index contributed by atoms with van der Waals surface area (Å²) >= 11 is 0. The van der Waals surface area contributed by atoms with Gasteiger partial charge in [0.05, 0.1) is 18.4 Å². The predicted molar refractivity (Wildman–Crippen MR) is 121 cm³/mol. The first-order chi connectivity index (χ1) is 15.6. The van der Waals surface area contributed by atoms with Gasteiger partial charge in [0.25, 0.3) is 5.91 Å². The lowest BCUT2D eigenvalue weighted by Crippen LogP contribution is -2.68. The summed E-state index contributed by atoms with van der Waals surface area (Å²) in [6, 6.07) is 19.0. The number of anilines is 3. The van der Waals surface area contributed by atoms with Crippen LogP contribution in [0.15, 0.2) is 60.8 Å². The molecule has 2 aromatic carbocycles. The van der Waals surface area contributed by atoms with Gasteiger partial charge in [-0.25, -0.2) is 9.97 Å². The van der Waals surface area contributed by atoms with E-state index in [9.17, 15) is 4.79 Å². The number of benzene rings is 2. The van der Waals surface area contributed by atoms with Gasteiger partial charge in [-0.3, -0.25) is 4.79 Å². The van der Waals surface area contributed by atoms with E-state index in [0.717, 1.165) is 43.1 Å². The number of rotatable bonds is 6. The maximum atomic E-state index is 11.9. The van der Waals surface area contributed by atoms with Gasteiger partial charge >= 0.3 is 0 Å². The molecule has 8 heteroatoms. The number of amides is 1. The Kier molecular flexibility index (Phi) is 5.17. The average molecular weight is 426 g/mol. The van der Waals surface area contributed by atoms with E-state index in [1.165, 1.54) is 5.69 Å². The minimum absolute atomic E-state index is 0.0181. The van der Waals surface area contributed by atoms with Crippen LogP contribution in [0.4, 0.5) is 17.3 Å². The van der Waals surface area contributed by atoms with Crippen molar-refractivity contribution in [3.8, 4) is 17.3 Å². The molecule has 5 rings (SSSR count). The number of ether oxygens (including phenoxy) is 1. The van der Waals surface area contributed by atoms with Gasteiger partial charge in [0.1, 0.15) is 12.1 Å². The summed E-state index contributed by atoms with van der Waals surface area (Å²) in [5.41, 5.74) is 4.32. The molecule has 0 radical (unpaired) electrons. The first-order valence-electron chi connectivity index (χ1n) is 10.5. The Balaban J connectivity index is 1.23. The number of carbonyl (C=O) groups is 1. The van der Waals surface area contributed by atoms with Crippen LogP contribution in [0.25, 0.3) is 11.3 Å². The van der Waals surface area contributed by atoms with Gasteiger partial charge < -0.3 is 20.3 Å². The number of nitriles is 1. The molecule has 3 aromatic rings. The van der Waals surface area contributed by atoms with Crippen molar-refractivity contribution < 1.29 is 9.53 Å². The number of carbonyl (C=O) groups excluding carboxylic acids is 1. The molecule has 1 spiro atoms. The zero-order chi connectivity index (χ0) is 22.0. The molecule has 0 bridgehead atoms. The van der Waals surface area contributed by atoms with Crippen molar-refractivity contribution in [2.24, 2.45) is 0 Å². The SMILES string of the molecule is N#CCNC(=O)c1ccc(-c2ccnc(Nc3ccc(N4CC5(CCO5)C4)cc3)n2)cc1. The van der Waals surface area contributed by atoms with Gasteiger partial charge in [0, 0.05) is 48.2 Å². The van der Waals surface area contributed by atoms with Gasteiger partial charge in [-0.15, -0.1) is 0 Å². The number of hydrogen-bond donors (Lipinski definition) is 2. The molecule has 0 unspecified atom stereocenters. The fourth-order valence-corrected chi connectivity index (χ4v) is 3.95. The second kappa shape index (κ2) is 8.29. The molecule has 32 heavy (non-hydrogen) atoms. The molecule has 1 aromatic heterocycles. The molecule has 1 amide bonds. The fourth-order valence-electron chi connectivity index (χ4n) is 3.95. The van der Waals surface area contributed by atoms with Crippen LogP contribution in [0, 0.1) is 11.3 Å². The van der Waals surface area contributed by atoms with Gasteiger partial charge in [-0.05, 0) is 42.5 Å². The topological polar surface area (TPSA) is 103 Å². The maximum absolute atomic E-state index is 11.9. The highest BCUT2D eigenvalue weighted by Gasteiger charge is 2.49. The number of aromatic nitrogens is 2. The Bertz CT molecular complexity index is 1160. The molecule has 0 saturated carbocycles. The summed E-state index contributed by atoms with van der Waals surface area (Å²) < 4.78 is 5.69. The molecule has 2 aliphatic rings. The standard InChI is InChI=1S/C24H22N6O2/c25-11-13-26-22(31)18-3-1-17(2-4-18)21-9-12-27-23(29-21)28-19-5-7-20(8-6-19)30-15-24(16-30)10-14-32-24/h1-9,12H,10,13-16H2,(H,26,31)(H,27,28,29). The Morgan fingerprint density at radius 3 is 2.53 bits per heavy atom. The summed E-state index contributed by atoms with van der Waals surface area (Å²) in [5, 5.41) is 14.4. The van der Waals surface area contributed by atoms with Crippen molar-refractivity contribution >= 4 is 23.2 Å². The molecule has 2 fully saturated rings. The van der Waals surface area contributed by atoms with Gasteiger partial charge in [0.15, 0.2) is 0 Å². The van der Waals surface area contributed by atoms with Crippen LogP contribution < -0.4 is 15.5 Å². The van der Waals surface area contributed by atoms with E-state index in [1.807, 2.05) is 36.4 Å². The van der Waals surface area contributed by atoms with Crippen LogP contribution in [0.5, 0.6) is 0 Å². The molecule has 2 aliphatic heterocycles. The Hall–Kier alpha value is -3.96. The Labute approximate surface area is 185 Å². The first-order valence-corrected chi connectivity index (χ1v) is 10.5. The van der Waals surface area contributed by atoms with E-state index in [2.05, 4.69) is 37.6 Å². The summed E-state index contributed by atoms with van der Waals surface area (Å²) in [6.45, 7) is 2.79. The molecule has 160 valence electrons. The molecule has 2 saturated heterocycles. The quantitative estimate of drug-likeness (QED) is 0.584. The second-order valence-corrected chi connectivity index (χ2v) is 7.99. The zero-order valence-corrected chi connectivity index (χ0v) is 17.4. The van der Waals surface area contributed by atoms with E-state index < -0.39 is 0 Å². The molecular formula is C24H22N6O2. The van der Waals surface area contributed by atoms with E-state index in [0.29, 0.717) is 11.5 Å². The minimum atomic E-state index is -0.278. The van der Waals surface area contributed by atoms with E-state index in [4.69, 9.17) is 10.00 Å². The van der Waals surface area contributed by atoms with Gasteiger partial charge in [0.2, 0.25) is 5.95 Å². The van der Waals surface area contributed by atoms with Crippen LogP contribution >= 0.6 is 0 Å². The lowest BCUT2D eigenvalue weighted by atomic mass is 9.86. The summed E-state index contributed by atoms with van der Waals surface area (Å²) in [5.74, 6) is 0.220. The number of nitrogens with zero attached hydrogens (tertiary/aromatic N) is 4. The summed E-state index contributed by atoms with van der Waals surface area (Å²) in [6.07, 6.45) is 2.86. The Morgan fingerprint density at radius 1 is 1.12 bits per heavy atom. The number of nitrogens with one attached hydrogen (secondary N) is 2. The van der Waals surface area contributed by atoms with Crippen LogP contribution in [-0.4, -0.2) is 47.7 Å². The average Bonchev–Trinajstić information content (AvgIpc) is 2.77. The van der Waals surface area contributed by atoms with Crippen LogP contribution in [0.3, 0.4) is 0 Å².